The molecule has 144 valence electrons. The fraction of sp³-hybridized carbons (Fsp3) is 0.417. The molecule has 0 aliphatic heterocycles. The Kier molecular flexibility index (Phi) is 4.63. The number of fused-ring (bicyclic) bond motifs is 2. The zero-order valence-electron chi connectivity index (χ0n) is 16.3. The molecule has 1 fully saturated rings. The van der Waals surface area contributed by atoms with E-state index in [1.807, 2.05) is 42.5 Å². The van der Waals surface area contributed by atoms with Crippen LogP contribution < -0.4 is 5.32 Å². The lowest BCUT2D eigenvalue weighted by Crippen LogP contribution is -2.18. The second-order valence-corrected chi connectivity index (χ2v) is 8.20. The Labute approximate surface area is 165 Å². The van der Waals surface area contributed by atoms with Crippen LogP contribution in [0.3, 0.4) is 0 Å². The number of amides is 1. The molecular weight excluding hydrogens is 346 g/mol. The van der Waals surface area contributed by atoms with E-state index in [9.17, 15) is 4.79 Å². The Morgan fingerprint density at radius 3 is 2.61 bits per heavy atom. The van der Waals surface area contributed by atoms with Gasteiger partial charge in [0.15, 0.2) is 5.82 Å². The van der Waals surface area contributed by atoms with Crippen LogP contribution >= 0.6 is 0 Å². The van der Waals surface area contributed by atoms with Crippen molar-refractivity contribution < 1.29 is 4.79 Å². The highest BCUT2D eigenvalue weighted by Gasteiger charge is 2.27. The summed E-state index contributed by atoms with van der Waals surface area (Å²) in [6, 6.07) is 14.5. The third kappa shape index (κ3) is 3.11. The van der Waals surface area contributed by atoms with Gasteiger partial charge in [-0.2, -0.15) is 5.10 Å². The number of carbonyl (C=O) groups excluding carboxylic acids is 1. The van der Waals surface area contributed by atoms with Crippen LogP contribution in [0.15, 0.2) is 42.5 Å². The summed E-state index contributed by atoms with van der Waals surface area (Å²) in [5.41, 5.74) is 3.35. The summed E-state index contributed by atoms with van der Waals surface area (Å²) in [6.45, 7) is 0. The van der Waals surface area contributed by atoms with Crippen molar-refractivity contribution >= 4 is 22.5 Å². The molecule has 1 N–H and O–H groups in total. The number of nitrogens with one attached hydrogen (secondary N) is 1. The maximum absolute atomic E-state index is 13.1. The molecule has 0 unspecified atom stereocenters. The first kappa shape index (κ1) is 17.5. The van der Waals surface area contributed by atoms with Gasteiger partial charge in [-0.25, -0.2) is 0 Å². The van der Waals surface area contributed by atoms with Crippen LogP contribution in [-0.2, 0) is 12.8 Å². The van der Waals surface area contributed by atoms with Crippen LogP contribution in [0.25, 0.3) is 10.8 Å². The SMILES string of the molecule is O=C(Nc1nn(C2CCCCC2)c2c1CCCC2)c1cccc2ccccc12. The number of benzene rings is 2. The topological polar surface area (TPSA) is 46.9 Å². The minimum absolute atomic E-state index is 0.0570. The van der Waals surface area contributed by atoms with Crippen molar-refractivity contribution in [2.75, 3.05) is 5.32 Å². The Hall–Kier alpha value is -2.62. The first-order valence-electron chi connectivity index (χ1n) is 10.7. The minimum Gasteiger partial charge on any atom is -0.305 e. The molecule has 0 atom stereocenters. The highest BCUT2D eigenvalue weighted by molar-refractivity contribution is 6.12. The predicted octanol–water partition coefficient (Wildman–Crippen LogP) is 5.67. The zero-order valence-corrected chi connectivity index (χ0v) is 16.3. The van der Waals surface area contributed by atoms with Crippen molar-refractivity contribution in [1.29, 1.82) is 0 Å². The molecule has 4 heteroatoms. The van der Waals surface area contributed by atoms with E-state index < -0.39 is 0 Å². The molecule has 1 saturated carbocycles. The van der Waals surface area contributed by atoms with Crippen LogP contribution in [0.2, 0.25) is 0 Å². The molecule has 1 aromatic heterocycles. The van der Waals surface area contributed by atoms with Gasteiger partial charge in [-0.3, -0.25) is 9.48 Å². The van der Waals surface area contributed by atoms with Gasteiger partial charge in [0.2, 0.25) is 0 Å². The highest BCUT2D eigenvalue weighted by atomic mass is 16.1. The molecule has 4 nitrogen and oxygen atoms in total. The van der Waals surface area contributed by atoms with Crippen molar-refractivity contribution in [1.82, 2.24) is 9.78 Å². The van der Waals surface area contributed by atoms with Crippen molar-refractivity contribution in [3.05, 3.63) is 59.3 Å². The van der Waals surface area contributed by atoms with Crippen LogP contribution in [0.1, 0.15) is 72.6 Å². The molecule has 1 heterocycles. The lowest BCUT2D eigenvalue weighted by atomic mass is 9.93. The third-order valence-electron chi connectivity index (χ3n) is 6.40. The Morgan fingerprint density at radius 1 is 0.929 bits per heavy atom. The molecule has 5 rings (SSSR count). The molecule has 0 radical (unpaired) electrons. The average molecular weight is 374 g/mol. The van der Waals surface area contributed by atoms with E-state index in [0.717, 1.165) is 35.0 Å². The lowest BCUT2D eigenvalue weighted by Gasteiger charge is -2.25. The lowest BCUT2D eigenvalue weighted by molar-refractivity contribution is 0.102. The van der Waals surface area contributed by atoms with E-state index in [4.69, 9.17) is 5.10 Å². The van der Waals surface area contributed by atoms with Gasteiger partial charge in [0, 0.05) is 16.8 Å². The number of nitrogens with zero attached hydrogens (tertiary/aromatic N) is 2. The highest BCUT2D eigenvalue weighted by Crippen LogP contribution is 2.35. The van der Waals surface area contributed by atoms with Crippen molar-refractivity contribution in [2.24, 2.45) is 0 Å². The Bertz CT molecular complexity index is 1010. The second kappa shape index (κ2) is 7.42. The summed E-state index contributed by atoms with van der Waals surface area (Å²) < 4.78 is 2.27. The smallest absolute Gasteiger partial charge is 0.257 e. The summed E-state index contributed by atoms with van der Waals surface area (Å²) in [7, 11) is 0. The maximum atomic E-state index is 13.1. The number of hydrogen-bond donors (Lipinski definition) is 1. The first-order valence-corrected chi connectivity index (χ1v) is 10.7. The van der Waals surface area contributed by atoms with Crippen molar-refractivity contribution in [2.45, 2.75) is 63.8 Å². The average Bonchev–Trinajstić information content (AvgIpc) is 3.12. The Balaban J connectivity index is 1.49. The summed E-state index contributed by atoms with van der Waals surface area (Å²) in [5, 5.41) is 10.2. The van der Waals surface area contributed by atoms with E-state index >= 15 is 0 Å². The normalized spacial score (nSPS) is 17.4. The van der Waals surface area contributed by atoms with Gasteiger partial charge in [-0.15, -0.1) is 0 Å². The molecule has 1 amide bonds. The fourth-order valence-corrected chi connectivity index (χ4v) is 4.95. The molecular formula is C24H27N3O. The molecule has 28 heavy (non-hydrogen) atoms. The van der Waals surface area contributed by atoms with E-state index in [-0.39, 0.29) is 5.91 Å². The first-order chi connectivity index (χ1) is 13.8. The number of hydrogen-bond acceptors (Lipinski definition) is 2. The molecule has 0 spiro atoms. The summed E-state index contributed by atoms with van der Waals surface area (Å²) in [5.74, 6) is 0.733. The van der Waals surface area contributed by atoms with Crippen molar-refractivity contribution in [3.8, 4) is 0 Å². The van der Waals surface area contributed by atoms with E-state index in [1.165, 1.54) is 56.2 Å². The minimum atomic E-state index is -0.0570. The van der Waals surface area contributed by atoms with Crippen LogP contribution in [0.4, 0.5) is 5.82 Å². The zero-order chi connectivity index (χ0) is 18.9. The monoisotopic (exact) mass is 373 g/mol. The van der Waals surface area contributed by atoms with Gasteiger partial charge < -0.3 is 5.32 Å². The fourth-order valence-electron chi connectivity index (χ4n) is 4.95. The Morgan fingerprint density at radius 2 is 1.71 bits per heavy atom. The predicted molar refractivity (Wildman–Crippen MR) is 113 cm³/mol. The van der Waals surface area contributed by atoms with Gasteiger partial charge in [0.05, 0.1) is 6.04 Å². The van der Waals surface area contributed by atoms with E-state index in [1.54, 1.807) is 0 Å². The number of carbonyl (C=O) groups is 1. The molecule has 2 aliphatic rings. The summed E-state index contributed by atoms with van der Waals surface area (Å²) in [6.07, 6.45) is 10.9. The van der Waals surface area contributed by atoms with Gasteiger partial charge in [-0.1, -0.05) is 55.7 Å². The number of rotatable bonds is 3. The van der Waals surface area contributed by atoms with Gasteiger partial charge in [0.25, 0.3) is 5.91 Å². The maximum Gasteiger partial charge on any atom is 0.257 e. The largest absolute Gasteiger partial charge is 0.305 e. The summed E-state index contributed by atoms with van der Waals surface area (Å²) in [4.78, 5) is 13.1. The molecule has 2 aliphatic carbocycles. The van der Waals surface area contributed by atoms with Crippen molar-refractivity contribution in [3.63, 3.8) is 0 Å². The molecule has 2 aromatic carbocycles. The number of aromatic nitrogens is 2. The quantitative estimate of drug-likeness (QED) is 0.643. The third-order valence-corrected chi connectivity index (χ3v) is 6.40. The van der Waals surface area contributed by atoms with Gasteiger partial charge >= 0.3 is 0 Å². The van der Waals surface area contributed by atoms with Gasteiger partial charge in [0.1, 0.15) is 0 Å². The van der Waals surface area contributed by atoms with Crippen LogP contribution in [0, 0.1) is 0 Å². The van der Waals surface area contributed by atoms with E-state index in [0.29, 0.717) is 6.04 Å². The summed E-state index contributed by atoms with van der Waals surface area (Å²) >= 11 is 0. The standard InChI is InChI=1S/C24H27N3O/c28-24(20-15-8-10-17-9-4-5-13-19(17)20)25-23-21-14-6-7-16-22(21)27(26-23)18-11-2-1-3-12-18/h4-5,8-10,13,15,18H,1-3,6-7,11-12,14,16H2,(H,25,26,28). The van der Waals surface area contributed by atoms with Gasteiger partial charge in [-0.05, 0) is 55.4 Å². The molecule has 3 aromatic rings. The molecule has 0 saturated heterocycles. The van der Waals surface area contributed by atoms with Crippen LogP contribution in [-0.4, -0.2) is 15.7 Å². The number of anilines is 1. The van der Waals surface area contributed by atoms with Crippen LogP contribution in [0.5, 0.6) is 0 Å². The van der Waals surface area contributed by atoms with E-state index in [2.05, 4.69) is 10.00 Å². The molecule has 0 bridgehead atoms. The second-order valence-electron chi connectivity index (χ2n) is 8.20.